The van der Waals surface area contributed by atoms with Crippen molar-refractivity contribution in [1.82, 2.24) is 10.2 Å². The molecule has 0 aliphatic carbocycles. The van der Waals surface area contributed by atoms with Crippen LogP contribution in [-0.2, 0) is 14.3 Å². The van der Waals surface area contributed by atoms with Gasteiger partial charge in [0.15, 0.2) is 0 Å². The Kier molecular flexibility index (Phi) is 7.62. The van der Waals surface area contributed by atoms with Crippen molar-refractivity contribution in [2.45, 2.75) is 19.8 Å². The van der Waals surface area contributed by atoms with Crippen LogP contribution in [0.1, 0.15) is 19.8 Å². The van der Waals surface area contributed by atoms with Crippen molar-refractivity contribution < 1.29 is 14.3 Å². The maximum atomic E-state index is 11.0. The largest absolute Gasteiger partial charge is 0.468 e. The number of methoxy groups -OCH3 is 1. The van der Waals surface area contributed by atoms with E-state index in [1.54, 1.807) is 7.05 Å². The molecule has 0 aliphatic heterocycles. The van der Waals surface area contributed by atoms with Gasteiger partial charge in [-0.05, 0) is 13.0 Å². The average Bonchev–Trinajstić information content (AvgIpc) is 2.25. The first-order valence-corrected chi connectivity index (χ1v) is 5.13. The van der Waals surface area contributed by atoms with E-state index in [9.17, 15) is 9.59 Å². The summed E-state index contributed by atoms with van der Waals surface area (Å²) >= 11 is 0. The highest BCUT2D eigenvalue weighted by Gasteiger charge is 2.11. The van der Waals surface area contributed by atoms with Crippen molar-refractivity contribution in [3.63, 3.8) is 0 Å². The molecule has 0 spiro atoms. The van der Waals surface area contributed by atoms with Crippen molar-refractivity contribution in [2.75, 3.05) is 33.8 Å². The molecule has 0 radical (unpaired) electrons. The Morgan fingerprint density at radius 2 is 2.00 bits per heavy atom. The van der Waals surface area contributed by atoms with E-state index in [1.165, 1.54) is 7.11 Å². The van der Waals surface area contributed by atoms with E-state index in [2.05, 4.69) is 10.1 Å². The minimum atomic E-state index is -0.264. The lowest BCUT2D eigenvalue weighted by atomic mass is 10.3. The highest BCUT2D eigenvalue weighted by molar-refractivity contribution is 5.76. The number of ether oxygens (including phenoxy) is 1. The SMILES string of the molecule is CCCN(CCC(=O)NC)CC(=O)OC. The van der Waals surface area contributed by atoms with Gasteiger partial charge in [-0.25, -0.2) is 0 Å². The van der Waals surface area contributed by atoms with E-state index in [0.717, 1.165) is 13.0 Å². The van der Waals surface area contributed by atoms with E-state index in [0.29, 0.717) is 13.0 Å². The summed E-state index contributed by atoms with van der Waals surface area (Å²) < 4.78 is 4.58. The van der Waals surface area contributed by atoms with Crippen LogP contribution >= 0.6 is 0 Å². The van der Waals surface area contributed by atoms with Crippen LogP contribution < -0.4 is 5.32 Å². The average molecular weight is 216 g/mol. The molecule has 0 bridgehead atoms. The number of esters is 1. The molecular formula is C10H20N2O3. The minimum Gasteiger partial charge on any atom is -0.468 e. The fourth-order valence-corrected chi connectivity index (χ4v) is 1.22. The second-order valence-electron chi connectivity index (χ2n) is 3.28. The lowest BCUT2D eigenvalue weighted by Gasteiger charge is -2.19. The fraction of sp³-hybridized carbons (Fsp3) is 0.800. The second-order valence-corrected chi connectivity index (χ2v) is 3.28. The number of nitrogens with one attached hydrogen (secondary N) is 1. The zero-order valence-electron chi connectivity index (χ0n) is 9.71. The molecule has 0 fully saturated rings. The van der Waals surface area contributed by atoms with Crippen molar-refractivity contribution in [3.05, 3.63) is 0 Å². The van der Waals surface area contributed by atoms with Crippen LogP contribution in [0.2, 0.25) is 0 Å². The summed E-state index contributed by atoms with van der Waals surface area (Å²) in [5, 5.41) is 2.55. The molecule has 0 saturated heterocycles. The van der Waals surface area contributed by atoms with Crippen LogP contribution in [0.4, 0.5) is 0 Å². The van der Waals surface area contributed by atoms with Crippen LogP contribution in [0.25, 0.3) is 0 Å². The van der Waals surface area contributed by atoms with Gasteiger partial charge >= 0.3 is 5.97 Å². The number of carbonyl (C=O) groups is 2. The van der Waals surface area contributed by atoms with Crippen LogP contribution in [0, 0.1) is 0 Å². The Morgan fingerprint density at radius 1 is 1.33 bits per heavy atom. The Morgan fingerprint density at radius 3 is 2.47 bits per heavy atom. The third kappa shape index (κ3) is 6.90. The van der Waals surface area contributed by atoms with Crippen molar-refractivity contribution in [2.24, 2.45) is 0 Å². The standard InChI is InChI=1S/C10H20N2O3/c1-4-6-12(8-10(14)15-3)7-5-9(13)11-2/h4-8H2,1-3H3,(H,11,13). The number of hydrogen-bond donors (Lipinski definition) is 1. The van der Waals surface area contributed by atoms with Crippen LogP contribution in [0.15, 0.2) is 0 Å². The van der Waals surface area contributed by atoms with E-state index in [1.807, 2.05) is 11.8 Å². The Hall–Kier alpha value is -1.10. The predicted molar refractivity (Wildman–Crippen MR) is 57.4 cm³/mol. The normalized spacial score (nSPS) is 10.1. The summed E-state index contributed by atoms with van der Waals surface area (Å²) in [6, 6.07) is 0. The maximum Gasteiger partial charge on any atom is 0.319 e. The third-order valence-corrected chi connectivity index (χ3v) is 2.05. The summed E-state index contributed by atoms with van der Waals surface area (Å²) in [7, 11) is 2.97. The van der Waals surface area contributed by atoms with E-state index < -0.39 is 0 Å². The Bertz CT molecular complexity index is 207. The number of hydrogen-bond acceptors (Lipinski definition) is 4. The van der Waals surface area contributed by atoms with E-state index >= 15 is 0 Å². The lowest BCUT2D eigenvalue weighted by Crippen LogP contribution is -2.34. The van der Waals surface area contributed by atoms with Gasteiger partial charge in [0.1, 0.15) is 0 Å². The topological polar surface area (TPSA) is 58.6 Å². The summed E-state index contributed by atoms with van der Waals surface area (Å²) in [6.45, 7) is 3.67. The van der Waals surface area contributed by atoms with Gasteiger partial charge in [0.25, 0.3) is 0 Å². The monoisotopic (exact) mass is 216 g/mol. The quantitative estimate of drug-likeness (QED) is 0.609. The third-order valence-electron chi connectivity index (χ3n) is 2.05. The summed E-state index contributed by atoms with van der Waals surface area (Å²) in [5.41, 5.74) is 0. The molecule has 1 amide bonds. The molecule has 0 atom stereocenters. The van der Waals surface area contributed by atoms with Crippen LogP contribution in [0.5, 0.6) is 0 Å². The number of nitrogens with zero attached hydrogens (tertiary/aromatic N) is 1. The molecule has 0 aromatic rings. The Balaban J connectivity index is 3.92. The van der Waals surface area contributed by atoms with Crippen molar-refractivity contribution in [3.8, 4) is 0 Å². The van der Waals surface area contributed by atoms with Gasteiger partial charge in [-0.1, -0.05) is 6.92 Å². The molecule has 88 valence electrons. The zero-order valence-corrected chi connectivity index (χ0v) is 9.71. The first kappa shape index (κ1) is 13.9. The van der Waals surface area contributed by atoms with Gasteiger partial charge in [-0.2, -0.15) is 0 Å². The molecule has 5 heteroatoms. The highest BCUT2D eigenvalue weighted by Crippen LogP contribution is 1.95. The maximum absolute atomic E-state index is 11.0. The van der Waals surface area contributed by atoms with Gasteiger partial charge in [0, 0.05) is 20.0 Å². The van der Waals surface area contributed by atoms with E-state index in [-0.39, 0.29) is 18.4 Å². The van der Waals surface area contributed by atoms with Gasteiger partial charge in [0.05, 0.1) is 13.7 Å². The van der Waals surface area contributed by atoms with E-state index in [4.69, 9.17) is 0 Å². The molecule has 0 saturated carbocycles. The molecular weight excluding hydrogens is 196 g/mol. The zero-order chi connectivity index (χ0) is 11.7. The minimum absolute atomic E-state index is 0.0130. The van der Waals surface area contributed by atoms with Crippen LogP contribution in [-0.4, -0.2) is 50.6 Å². The lowest BCUT2D eigenvalue weighted by molar-refractivity contribution is -0.142. The molecule has 1 N–H and O–H groups in total. The molecule has 0 unspecified atom stereocenters. The van der Waals surface area contributed by atoms with Crippen LogP contribution in [0.3, 0.4) is 0 Å². The van der Waals surface area contributed by atoms with Crippen molar-refractivity contribution in [1.29, 1.82) is 0 Å². The second kappa shape index (κ2) is 8.23. The molecule has 0 aromatic carbocycles. The number of rotatable bonds is 7. The Labute approximate surface area is 90.8 Å². The molecule has 0 aliphatic rings. The highest BCUT2D eigenvalue weighted by atomic mass is 16.5. The van der Waals surface area contributed by atoms with Gasteiger partial charge < -0.3 is 10.1 Å². The molecule has 0 aromatic heterocycles. The van der Waals surface area contributed by atoms with Crippen molar-refractivity contribution >= 4 is 11.9 Å². The molecule has 15 heavy (non-hydrogen) atoms. The smallest absolute Gasteiger partial charge is 0.319 e. The molecule has 0 rings (SSSR count). The first-order valence-electron chi connectivity index (χ1n) is 5.13. The summed E-state index contributed by atoms with van der Waals surface area (Å²) in [5.74, 6) is -0.277. The molecule has 0 heterocycles. The van der Waals surface area contributed by atoms with Gasteiger partial charge in [0.2, 0.25) is 5.91 Å². The number of carbonyl (C=O) groups excluding carboxylic acids is 2. The summed E-state index contributed by atoms with van der Waals surface area (Å²) in [4.78, 5) is 24.0. The first-order chi connectivity index (χ1) is 7.13. The van der Waals surface area contributed by atoms with Gasteiger partial charge in [-0.15, -0.1) is 0 Å². The predicted octanol–water partition coefficient (Wildman–Crippen LogP) is 0.00750. The summed E-state index contributed by atoms with van der Waals surface area (Å²) in [6.07, 6.45) is 1.36. The molecule has 5 nitrogen and oxygen atoms in total. The fourth-order valence-electron chi connectivity index (χ4n) is 1.22. The van der Waals surface area contributed by atoms with Gasteiger partial charge in [-0.3, -0.25) is 14.5 Å². The number of amides is 1.